The highest BCUT2D eigenvalue weighted by atomic mass is 32.1. The molecule has 0 aromatic heterocycles. The average molecular weight is 426 g/mol. The monoisotopic (exact) mass is 425 g/mol. The average Bonchev–Trinajstić information content (AvgIpc) is 2.73. The topological polar surface area (TPSA) is 71.6 Å². The Balaban J connectivity index is 1.95. The van der Waals surface area contributed by atoms with Crippen molar-refractivity contribution in [2.75, 3.05) is 19.0 Å². The van der Waals surface area contributed by atoms with Crippen LogP contribution in [0.1, 0.15) is 37.4 Å². The van der Waals surface area contributed by atoms with Gasteiger partial charge in [0.05, 0.1) is 25.3 Å². The van der Waals surface area contributed by atoms with Gasteiger partial charge in [-0.05, 0) is 61.8 Å². The van der Waals surface area contributed by atoms with E-state index in [-0.39, 0.29) is 5.91 Å². The molecule has 3 rings (SSSR count). The molecule has 7 heteroatoms. The van der Waals surface area contributed by atoms with Gasteiger partial charge in [-0.2, -0.15) is 0 Å². The third-order valence-electron chi connectivity index (χ3n) is 4.89. The fraction of sp³-hybridized carbons (Fsp3) is 0.304. The highest BCUT2D eigenvalue weighted by Crippen LogP contribution is 2.34. The molecule has 6 nitrogen and oxygen atoms in total. The van der Waals surface area contributed by atoms with E-state index in [1.807, 2.05) is 63.2 Å². The van der Waals surface area contributed by atoms with E-state index in [2.05, 4.69) is 16.0 Å². The molecule has 0 fully saturated rings. The van der Waals surface area contributed by atoms with Crippen LogP contribution in [0.2, 0.25) is 0 Å². The molecule has 30 heavy (non-hydrogen) atoms. The van der Waals surface area contributed by atoms with Gasteiger partial charge in [-0.25, -0.2) is 0 Å². The number of ether oxygens (including phenoxy) is 2. The zero-order valence-corrected chi connectivity index (χ0v) is 18.5. The van der Waals surface area contributed by atoms with Gasteiger partial charge in [0.1, 0.15) is 0 Å². The first-order chi connectivity index (χ1) is 14.4. The van der Waals surface area contributed by atoms with Crippen LogP contribution in [-0.2, 0) is 4.79 Å². The first-order valence-corrected chi connectivity index (χ1v) is 10.3. The van der Waals surface area contributed by atoms with Crippen LogP contribution in [0.4, 0.5) is 5.69 Å². The number of methoxy groups -OCH3 is 1. The van der Waals surface area contributed by atoms with Crippen molar-refractivity contribution in [3.63, 3.8) is 0 Å². The zero-order valence-electron chi connectivity index (χ0n) is 17.7. The van der Waals surface area contributed by atoms with Crippen LogP contribution in [0.5, 0.6) is 11.5 Å². The maximum atomic E-state index is 13.2. The summed E-state index contributed by atoms with van der Waals surface area (Å²) in [5.74, 6) is 1.09. The van der Waals surface area contributed by atoms with Crippen LogP contribution in [0, 0.1) is 6.92 Å². The first-order valence-electron chi connectivity index (χ1n) is 9.90. The molecule has 2 aromatic carbocycles. The second-order valence-corrected chi connectivity index (χ2v) is 7.51. The third kappa shape index (κ3) is 4.74. The van der Waals surface area contributed by atoms with Crippen molar-refractivity contribution in [3.05, 3.63) is 64.9 Å². The minimum atomic E-state index is -0.420. The smallest absolute Gasteiger partial charge is 0.255 e. The van der Waals surface area contributed by atoms with Crippen LogP contribution in [0.25, 0.3) is 0 Å². The maximum absolute atomic E-state index is 13.2. The summed E-state index contributed by atoms with van der Waals surface area (Å²) in [5.41, 5.74) is 3.90. The number of benzene rings is 2. The fourth-order valence-electron chi connectivity index (χ4n) is 3.34. The second kappa shape index (κ2) is 9.63. The molecule has 3 N–H and O–H groups in total. The Hall–Kier alpha value is -3.06. The Labute approximate surface area is 182 Å². The van der Waals surface area contributed by atoms with Crippen molar-refractivity contribution in [2.24, 2.45) is 0 Å². The van der Waals surface area contributed by atoms with Crippen LogP contribution >= 0.6 is 12.2 Å². The summed E-state index contributed by atoms with van der Waals surface area (Å²) in [6.07, 6.45) is 0.903. The molecule has 0 saturated carbocycles. The van der Waals surface area contributed by atoms with Gasteiger partial charge in [0.25, 0.3) is 5.91 Å². The number of hydrogen-bond donors (Lipinski definition) is 3. The van der Waals surface area contributed by atoms with E-state index in [1.165, 1.54) is 0 Å². The minimum absolute atomic E-state index is 0.195. The number of aryl methyl sites for hydroxylation is 1. The van der Waals surface area contributed by atoms with Gasteiger partial charge in [-0.1, -0.05) is 31.2 Å². The maximum Gasteiger partial charge on any atom is 0.255 e. The summed E-state index contributed by atoms with van der Waals surface area (Å²) in [6.45, 7) is 6.46. The van der Waals surface area contributed by atoms with Gasteiger partial charge in [-0.15, -0.1) is 0 Å². The van der Waals surface area contributed by atoms with E-state index in [1.54, 1.807) is 7.11 Å². The van der Waals surface area contributed by atoms with Crippen molar-refractivity contribution < 1.29 is 14.3 Å². The lowest BCUT2D eigenvalue weighted by Gasteiger charge is -2.30. The molecule has 0 bridgehead atoms. The molecule has 1 heterocycles. The molecule has 1 aliphatic rings. The molecule has 158 valence electrons. The fourth-order valence-corrected chi connectivity index (χ4v) is 3.61. The highest BCUT2D eigenvalue weighted by Gasteiger charge is 2.30. The lowest BCUT2D eigenvalue weighted by molar-refractivity contribution is -0.113. The molecule has 0 aliphatic carbocycles. The molecule has 1 amide bonds. The van der Waals surface area contributed by atoms with E-state index >= 15 is 0 Å². The Bertz CT molecular complexity index is 987. The Morgan fingerprint density at radius 1 is 1.17 bits per heavy atom. The summed E-state index contributed by atoms with van der Waals surface area (Å²) >= 11 is 5.35. The Morgan fingerprint density at radius 3 is 2.63 bits per heavy atom. The van der Waals surface area contributed by atoms with E-state index in [9.17, 15) is 4.79 Å². The summed E-state index contributed by atoms with van der Waals surface area (Å²) in [7, 11) is 1.60. The lowest BCUT2D eigenvalue weighted by Crippen LogP contribution is -2.45. The molecular weight excluding hydrogens is 398 g/mol. The number of rotatable bonds is 7. The van der Waals surface area contributed by atoms with E-state index in [0.717, 1.165) is 23.2 Å². The Morgan fingerprint density at radius 2 is 1.93 bits per heavy atom. The number of para-hydroxylation sites is 1. The number of thiocarbonyl (C=S) groups is 1. The number of allylic oxidation sites excluding steroid dienone is 1. The van der Waals surface area contributed by atoms with E-state index in [4.69, 9.17) is 21.7 Å². The number of carbonyl (C=O) groups excluding carboxylic acids is 1. The van der Waals surface area contributed by atoms with Gasteiger partial charge in [0.2, 0.25) is 0 Å². The summed E-state index contributed by atoms with van der Waals surface area (Å²) in [5, 5.41) is 9.76. The lowest BCUT2D eigenvalue weighted by atomic mass is 9.94. The van der Waals surface area contributed by atoms with Crippen molar-refractivity contribution >= 4 is 28.9 Å². The van der Waals surface area contributed by atoms with E-state index < -0.39 is 6.04 Å². The molecule has 0 radical (unpaired) electrons. The number of anilines is 1. The minimum Gasteiger partial charge on any atom is -0.493 e. The third-order valence-corrected chi connectivity index (χ3v) is 5.11. The molecule has 1 atom stereocenters. The molecule has 2 aromatic rings. The summed E-state index contributed by atoms with van der Waals surface area (Å²) in [6, 6.07) is 12.9. The highest BCUT2D eigenvalue weighted by molar-refractivity contribution is 7.80. The predicted molar refractivity (Wildman–Crippen MR) is 123 cm³/mol. The van der Waals surface area contributed by atoms with Gasteiger partial charge in [0.15, 0.2) is 16.6 Å². The van der Waals surface area contributed by atoms with Crippen molar-refractivity contribution in [1.29, 1.82) is 0 Å². The summed E-state index contributed by atoms with van der Waals surface area (Å²) < 4.78 is 11.3. The predicted octanol–water partition coefficient (Wildman–Crippen LogP) is 4.22. The zero-order chi connectivity index (χ0) is 21.7. The molecule has 1 aliphatic heterocycles. The Kier molecular flexibility index (Phi) is 6.95. The van der Waals surface area contributed by atoms with Crippen LogP contribution in [0.3, 0.4) is 0 Å². The van der Waals surface area contributed by atoms with Gasteiger partial charge < -0.3 is 25.4 Å². The largest absolute Gasteiger partial charge is 0.493 e. The number of hydrogen-bond acceptors (Lipinski definition) is 4. The quantitative estimate of drug-likeness (QED) is 0.577. The van der Waals surface area contributed by atoms with Gasteiger partial charge in [-0.3, -0.25) is 4.79 Å². The normalized spacial score (nSPS) is 15.9. The van der Waals surface area contributed by atoms with Crippen LogP contribution in [0.15, 0.2) is 53.7 Å². The first kappa shape index (κ1) is 21.6. The molecule has 1 unspecified atom stereocenters. The number of carbonyl (C=O) groups is 1. The second-order valence-electron chi connectivity index (χ2n) is 7.10. The van der Waals surface area contributed by atoms with Crippen LogP contribution in [-0.4, -0.2) is 24.7 Å². The van der Waals surface area contributed by atoms with Crippen molar-refractivity contribution in [1.82, 2.24) is 10.6 Å². The molecule has 0 spiro atoms. The van der Waals surface area contributed by atoms with Gasteiger partial charge >= 0.3 is 0 Å². The molecule has 0 saturated heterocycles. The number of amides is 1. The van der Waals surface area contributed by atoms with E-state index in [0.29, 0.717) is 34.5 Å². The van der Waals surface area contributed by atoms with Crippen molar-refractivity contribution in [3.8, 4) is 11.5 Å². The number of nitrogens with one attached hydrogen (secondary N) is 3. The van der Waals surface area contributed by atoms with Crippen LogP contribution < -0.4 is 25.4 Å². The SMILES string of the molecule is CCCOc1ccc(C2NC(=S)NC(C)=C2C(=O)Nc2ccccc2C)cc1OC. The standard InChI is InChI=1S/C23H27N3O3S/c1-5-12-29-18-11-10-16(13-19(18)28-4)21-20(15(3)24-23(30)26-21)22(27)25-17-9-7-6-8-14(17)2/h6-11,13,21H,5,12H2,1-4H3,(H,25,27)(H2,24,26,30). The summed E-state index contributed by atoms with van der Waals surface area (Å²) in [4.78, 5) is 13.2. The van der Waals surface area contributed by atoms with Gasteiger partial charge in [0, 0.05) is 11.4 Å². The molecular formula is C23H27N3O3S. The van der Waals surface area contributed by atoms with Crippen molar-refractivity contribution in [2.45, 2.75) is 33.2 Å².